The summed E-state index contributed by atoms with van der Waals surface area (Å²) in [5, 5.41) is 9.60. The molecule has 0 atom stereocenters. The van der Waals surface area contributed by atoms with Gasteiger partial charge in [0.05, 0.1) is 23.5 Å². The molecule has 0 fully saturated rings. The summed E-state index contributed by atoms with van der Waals surface area (Å²) < 4.78 is 5.10. The Bertz CT molecular complexity index is 761. The molecular formula is C14H8N2O2. The van der Waals surface area contributed by atoms with Crippen molar-refractivity contribution in [1.29, 1.82) is 5.26 Å². The summed E-state index contributed by atoms with van der Waals surface area (Å²) >= 11 is 0. The maximum absolute atomic E-state index is 12.2. The molecule has 0 amide bonds. The second-order valence-electron chi connectivity index (χ2n) is 3.88. The Morgan fingerprint density at radius 1 is 1.33 bits per heavy atom. The number of rotatable bonds is 2. The smallest absolute Gasteiger partial charge is 0.230 e. The maximum Gasteiger partial charge on any atom is 0.230 e. The number of furan rings is 1. The number of hydrogen-bond donors (Lipinski definition) is 1. The summed E-state index contributed by atoms with van der Waals surface area (Å²) in [6.07, 6.45) is 3.10. The van der Waals surface area contributed by atoms with Crippen LogP contribution in [0.1, 0.15) is 21.7 Å². The molecule has 0 aliphatic heterocycles. The zero-order chi connectivity index (χ0) is 12.5. The number of hydrogen-bond acceptors (Lipinski definition) is 3. The van der Waals surface area contributed by atoms with E-state index in [1.54, 1.807) is 36.5 Å². The minimum Gasteiger partial charge on any atom is -0.461 e. The second-order valence-corrected chi connectivity index (χ2v) is 3.88. The lowest BCUT2D eigenvalue weighted by Gasteiger charge is -1.96. The van der Waals surface area contributed by atoms with Gasteiger partial charge in [0.25, 0.3) is 0 Å². The van der Waals surface area contributed by atoms with Crippen molar-refractivity contribution in [1.82, 2.24) is 4.98 Å². The molecule has 3 aromatic rings. The normalized spacial score (nSPS) is 10.4. The highest BCUT2D eigenvalue weighted by atomic mass is 16.3. The Labute approximate surface area is 102 Å². The molecule has 0 spiro atoms. The van der Waals surface area contributed by atoms with E-state index in [9.17, 15) is 4.79 Å². The number of ketones is 1. The van der Waals surface area contributed by atoms with Crippen molar-refractivity contribution in [3.63, 3.8) is 0 Å². The number of benzene rings is 1. The predicted molar refractivity (Wildman–Crippen MR) is 65.2 cm³/mol. The van der Waals surface area contributed by atoms with Crippen LogP contribution in [0.25, 0.3) is 10.9 Å². The minimum absolute atomic E-state index is 0.170. The Morgan fingerprint density at radius 2 is 2.22 bits per heavy atom. The van der Waals surface area contributed by atoms with Crippen LogP contribution in [-0.2, 0) is 0 Å². The highest BCUT2D eigenvalue weighted by Crippen LogP contribution is 2.22. The van der Waals surface area contributed by atoms with Crippen LogP contribution < -0.4 is 0 Å². The van der Waals surface area contributed by atoms with Crippen molar-refractivity contribution in [2.24, 2.45) is 0 Å². The summed E-state index contributed by atoms with van der Waals surface area (Å²) in [4.78, 5) is 15.2. The number of H-pyrrole nitrogens is 1. The molecule has 0 saturated carbocycles. The number of aromatic amines is 1. The van der Waals surface area contributed by atoms with Gasteiger partial charge in [0, 0.05) is 17.1 Å². The van der Waals surface area contributed by atoms with E-state index < -0.39 is 0 Å². The van der Waals surface area contributed by atoms with Gasteiger partial charge in [-0.25, -0.2) is 0 Å². The van der Waals surface area contributed by atoms with Crippen LogP contribution in [0.5, 0.6) is 0 Å². The summed E-state index contributed by atoms with van der Waals surface area (Å²) in [7, 11) is 0. The zero-order valence-corrected chi connectivity index (χ0v) is 9.31. The number of carbonyl (C=O) groups excluding carboxylic acids is 1. The number of nitrogens with one attached hydrogen (secondary N) is 1. The number of fused-ring (bicyclic) bond motifs is 1. The molecule has 0 aliphatic carbocycles. The Morgan fingerprint density at radius 3 is 2.94 bits per heavy atom. The van der Waals surface area contributed by atoms with Crippen LogP contribution >= 0.6 is 0 Å². The molecule has 0 aliphatic rings. The van der Waals surface area contributed by atoms with Crippen molar-refractivity contribution in [2.45, 2.75) is 0 Å². The predicted octanol–water partition coefficient (Wildman–Crippen LogP) is 2.86. The quantitative estimate of drug-likeness (QED) is 0.695. The molecule has 1 aromatic carbocycles. The Kier molecular flexibility index (Phi) is 2.24. The van der Waals surface area contributed by atoms with E-state index in [0.29, 0.717) is 16.9 Å². The average molecular weight is 236 g/mol. The molecule has 1 N–H and O–H groups in total. The molecule has 3 rings (SSSR count). The first-order valence-electron chi connectivity index (χ1n) is 5.39. The molecule has 0 bridgehead atoms. The molecule has 2 heterocycles. The lowest BCUT2D eigenvalue weighted by molar-refractivity contribution is 0.101. The van der Waals surface area contributed by atoms with E-state index in [4.69, 9.17) is 9.68 Å². The highest BCUT2D eigenvalue weighted by Gasteiger charge is 2.16. The van der Waals surface area contributed by atoms with Crippen molar-refractivity contribution < 1.29 is 9.21 Å². The first-order valence-corrected chi connectivity index (χ1v) is 5.39. The number of aromatic nitrogens is 1. The fourth-order valence-corrected chi connectivity index (χ4v) is 1.92. The SMILES string of the molecule is N#Cc1ccc2c(C(=O)c3ccco3)c[nH]c2c1. The van der Waals surface area contributed by atoms with Gasteiger partial charge in [0.1, 0.15) is 0 Å². The first kappa shape index (κ1) is 10.4. The van der Waals surface area contributed by atoms with Gasteiger partial charge in [-0.05, 0) is 24.3 Å². The number of nitrogens with zero attached hydrogens (tertiary/aromatic N) is 1. The molecule has 0 radical (unpaired) electrons. The van der Waals surface area contributed by atoms with Crippen LogP contribution in [-0.4, -0.2) is 10.8 Å². The Hall–Kier alpha value is -2.80. The van der Waals surface area contributed by atoms with E-state index in [-0.39, 0.29) is 5.78 Å². The van der Waals surface area contributed by atoms with Crippen LogP contribution in [0, 0.1) is 11.3 Å². The number of nitriles is 1. The molecule has 0 saturated heterocycles. The monoisotopic (exact) mass is 236 g/mol. The van der Waals surface area contributed by atoms with Crippen molar-refractivity contribution in [3.05, 3.63) is 59.7 Å². The van der Waals surface area contributed by atoms with Crippen molar-refractivity contribution in [2.75, 3.05) is 0 Å². The van der Waals surface area contributed by atoms with Gasteiger partial charge in [-0.15, -0.1) is 0 Å². The van der Waals surface area contributed by atoms with Crippen molar-refractivity contribution in [3.8, 4) is 6.07 Å². The molecule has 86 valence electrons. The van der Waals surface area contributed by atoms with Gasteiger partial charge in [-0.1, -0.05) is 6.07 Å². The van der Waals surface area contributed by atoms with Gasteiger partial charge in [-0.3, -0.25) is 4.79 Å². The first-order chi connectivity index (χ1) is 8.79. The summed E-state index contributed by atoms with van der Waals surface area (Å²) in [5.74, 6) is 0.135. The summed E-state index contributed by atoms with van der Waals surface area (Å²) in [6.45, 7) is 0. The fraction of sp³-hybridized carbons (Fsp3) is 0. The third-order valence-corrected chi connectivity index (χ3v) is 2.80. The van der Waals surface area contributed by atoms with Gasteiger partial charge in [0.2, 0.25) is 5.78 Å². The summed E-state index contributed by atoms with van der Waals surface area (Å²) in [5.41, 5.74) is 1.87. The molecule has 4 heteroatoms. The van der Waals surface area contributed by atoms with Crippen LogP contribution in [0.4, 0.5) is 0 Å². The number of carbonyl (C=O) groups is 1. The topological polar surface area (TPSA) is 69.8 Å². The van der Waals surface area contributed by atoms with Gasteiger partial charge in [-0.2, -0.15) is 5.26 Å². The third-order valence-electron chi connectivity index (χ3n) is 2.80. The van der Waals surface area contributed by atoms with Gasteiger partial charge in [0.15, 0.2) is 5.76 Å². The van der Waals surface area contributed by atoms with Gasteiger partial charge >= 0.3 is 0 Å². The highest BCUT2D eigenvalue weighted by molar-refractivity contribution is 6.15. The lowest BCUT2D eigenvalue weighted by Crippen LogP contribution is -1.97. The second kappa shape index (κ2) is 3.90. The zero-order valence-electron chi connectivity index (χ0n) is 9.31. The fourth-order valence-electron chi connectivity index (χ4n) is 1.92. The molecule has 0 unspecified atom stereocenters. The lowest BCUT2D eigenvalue weighted by atomic mass is 10.1. The largest absolute Gasteiger partial charge is 0.461 e. The Balaban J connectivity index is 2.14. The molecular weight excluding hydrogens is 228 g/mol. The maximum atomic E-state index is 12.2. The van der Waals surface area contributed by atoms with Crippen LogP contribution in [0.2, 0.25) is 0 Å². The minimum atomic E-state index is -0.170. The van der Waals surface area contributed by atoms with Crippen LogP contribution in [0.15, 0.2) is 47.2 Å². The molecule has 4 nitrogen and oxygen atoms in total. The van der Waals surface area contributed by atoms with E-state index in [1.807, 2.05) is 0 Å². The van der Waals surface area contributed by atoms with E-state index in [1.165, 1.54) is 6.26 Å². The van der Waals surface area contributed by atoms with Crippen LogP contribution in [0.3, 0.4) is 0 Å². The van der Waals surface area contributed by atoms with E-state index in [2.05, 4.69) is 11.1 Å². The van der Waals surface area contributed by atoms with Crippen molar-refractivity contribution >= 4 is 16.7 Å². The van der Waals surface area contributed by atoms with Gasteiger partial charge < -0.3 is 9.40 Å². The summed E-state index contributed by atoms with van der Waals surface area (Å²) in [6, 6.07) is 10.5. The standard InChI is InChI=1S/C14H8N2O2/c15-7-9-3-4-10-11(8-16-12(10)6-9)14(17)13-2-1-5-18-13/h1-6,8,16H. The average Bonchev–Trinajstić information content (AvgIpc) is 3.06. The molecule has 2 aromatic heterocycles. The molecule has 18 heavy (non-hydrogen) atoms. The van der Waals surface area contributed by atoms with E-state index in [0.717, 1.165) is 10.9 Å². The van der Waals surface area contributed by atoms with E-state index >= 15 is 0 Å². The third kappa shape index (κ3) is 1.50.